The maximum atomic E-state index is 12.6. The molecule has 0 bridgehead atoms. The highest BCUT2D eigenvalue weighted by molar-refractivity contribution is 7.80. The highest BCUT2D eigenvalue weighted by Crippen LogP contribution is 2.30. The van der Waals surface area contributed by atoms with Gasteiger partial charge in [0.25, 0.3) is 0 Å². The Balaban J connectivity index is 2.69. The number of amides is 1. The van der Waals surface area contributed by atoms with Crippen molar-refractivity contribution in [1.82, 2.24) is 9.80 Å². The molecule has 122 valence electrons. The Labute approximate surface area is 128 Å². The van der Waals surface area contributed by atoms with Crippen molar-refractivity contribution in [3.8, 4) is 0 Å². The second kappa shape index (κ2) is 6.91. The number of alkyl halides is 3. The van der Waals surface area contributed by atoms with E-state index in [9.17, 15) is 18.0 Å². The lowest BCUT2D eigenvalue weighted by Gasteiger charge is -2.40. The smallest absolute Gasteiger partial charge is 0.392 e. The Morgan fingerprint density at radius 1 is 1.14 bits per heavy atom. The molecule has 0 aromatic rings. The van der Waals surface area contributed by atoms with E-state index in [0.29, 0.717) is 12.8 Å². The summed E-state index contributed by atoms with van der Waals surface area (Å²) in [6.07, 6.45) is -3.21. The normalized spacial score (nSPS) is 17.9. The van der Waals surface area contributed by atoms with Crippen molar-refractivity contribution in [2.24, 2.45) is 11.1 Å². The molecule has 1 aliphatic heterocycles. The lowest BCUT2D eigenvalue weighted by Crippen LogP contribution is -2.56. The third-order valence-electron chi connectivity index (χ3n) is 4.15. The van der Waals surface area contributed by atoms with Crippen LogP contribution in [-0.4, -0.2) is 59.6 Å². The standard InChI is InChI=1S/C13H22F3N3OS/c1-3-12(4-2,10(17)21)11(20)19-7-5-18(6-8-19)9-13(14,15)16/h3-9H2,1-2H3,(H2,17,21). The monoisotopic (exact) mass is 325 g/mol. The van der Waals surface area contributed by atoms with Gasteiger partial charge in [-0.3, -0.25) is 9.69 Å². The topological polar surface area (TPSA) is 49.6 Å². The van der Waals surface area contributed by atoms with Crippen LogP contribution in [0, 0.1) is 5.41 Å². The van der Waals surface area contributed by atoms with Crippen molar-refractivity contribution in [2.45, 2.75) is 32.9 Å². The first-order valence-corrected chi connectivity index (χ1v) is 7.45. The van der Waals surface area contributed by atoms with Crippen LogP contribution in [0.4, 0.5) is 13.2 Å². The molecule has 0 atom stereocenters. The third-order valence-corrected chi connectivity index (χ3v) is 4.54. The fraction of sp³-hybridized carbons (Fsp3) is 0.846. The number of rotatable bonds is 5. The molecule has 0 saturated carbocycles. The first-order chi connectivity index (χ1) is 9.66. The van der Waals surface area contributed by atoms with Crippen LogP contribution >= 0.6 is 12.2 Å². The van der Waals surface area contributed by atoms with Crippen LogP contribution in [0.3, 0.4) is 0 Å². The molecule has 8 heteroatoms. The predicted molar refractivity (Wildman–Crippen MR) is 78.9 cm³/mol. The van der Waals surface area contributed by atoms with Crippen LogP contribution in [0.5, 0.6) is 0 Å². The number of hydrogen-bond acceptors (Lipinski definition) is 3. The summed E-state index contributed by atoms with van der Waals surface area (Å²) in [5, 5.41) is 0. The molecule has 2 N–H and O–H groups in total. The summed E-state index contributed by atoms with van der Waals surface area (Å²) in [7, 11) is 0. The molecule has 21 heavy (non-hydrogen) atoms. The molecular formula is C13H22F3N3OS. The second-order valence-corrected chi connectivity index (χ2v) is 5.78. The number of halogens is 3. The molecule has 1 saturated heterocycles. The number of nitrogens with two attached hydrogens (primary N) is 1. The second-order valence-electron chi connectivity index (χ2n) is 5.34. The maximum absolute atomic E-state index is 12.6. The minimum absolute atomic E-state index is 0.161. The summed E-state index contributed by atoms with van der Waals surface area (Å²) in [6.45, 7) is 3.74. The van der Waals surface area contributed by atoms with Gasteiger partial charge < -0.3 is 10.6 Å². The van der Waals surface area contributed by atoms with E-state index in [-0.39, 0.29) is 37.1 Å². The molecule has 0 radical (unpaired) electrons. The van der Waals surface area contributed by atoms with Gasteiger partial charge in [0.05, 0.1) is 16.9 Å². The van der Waals surface area contributed by atoms with Gasteiger partial charge in [0.1, 0.15) is 0 Å². The Hall–Kier alpha value is -0.890. The van der Waals surface area contributed by atoms with Gasteiger partial charge in [0.2, 0.25) is 5.91 Å². The molecule has 0 aromatic carbocycles. The number of hydrogen-bond donors (Lipinski definition) is 1. The maximum Gasteiger partial charge on any atom is 0.401 e. The van der Waals surface area contributed by atoms with Gasteiger partial charge in [0.15, 0.2) is 0 Å². The van der Waals surface area contributed by atoms with E-state index in [1.165, 1.54) is 4.90 Å². The zero-order chi connectivity index (χ0) is 16.3. The Morgan fingerprint density at radius 3 is 1.95 bits per heavy atom. The Morgan fingerprint density at radius 2 is 1.62 bits per heavy atom. The minimum atomic E-state index is -4.21. The molecule has 0 aliphatic carbocycles. The molecule has 1 fully saturated rings. The molecule has 4 nitrogen and oxygen atoms in total. The molecule has 1 rings (SSSR count). The van der Waals surface area contributed by atoms with Crippen molar-refractivity contribution < 1.29 is 18.0 Å². The van der Waals surface area contributed by atoms with E-state index >= 15 is 0 Å². The number of nitrogens with zero attached hydrogens (tertiary/aromatic N) is 2. The van der Waals surface area contributed by atoms with Gasteiger partial charge in [-0.05, 0) is 12.8 Å². The fourth-order valence-corrected chi connectivity index (χ4v) is 3.05. The number of carbonyl (C=O) groups excluding carboxylic acids is 1. The lowest BCUT2D eigenvalue weighted by atomic mass is 9.80. The zero-order valence-electron chi connectivity index (χ0n) is 12.4. The van der Waals surface area contributed by atoms with Gasteiger partial charge in [-0.25, -0.2) is 0 Å². The summed E-state index contributed by atoms with van der Waals surface area (Å²) in [4.78, 5) is 15.7. The van der Waals surface area contributed by atoms with Crippen LogP contribution in [0.25, 0.3) is 0 Å². The Kier molecular flexibility index (Phi) is 5.98. The Bertz CT molecular complexity index is 389. The number of piperazine rings is 1. The molecule has 1 amide bonds. The van der Waals surface area contributed by atoms with Gasteiger partial charge in [-0.15, -0.1) is 0 Å². The largest absolute Gasteiger partial charge is 0.401 e. The molecule has 0 aromatic heterocycles. The molecule has 1 heterocycles. The van der Waals surface area contributed by atoms with Crippen molar-refractivity contribution in [2.75, 3.05) is 32.7 Å². The van der Waals surface area contributed by atoms with E-state index in [2.05, 4.69) is 0 Å². The van der Waals surface area contributed by atoms with Crippen LogP contribution < -0.4 is 5.73 Å². The number of thiocarbonyl (C=S) groups is 1. The van der Waals surface area contributed by atoms with E-state index in [0.717, 1.165) is 0 Å². The third kappa shape index (κ3) is 4.29. The minimum Gasteiger partial charge on any atom is -0.392 e. The quantitative estimate of drug-likeness (QED) is 0.783. The van der Waals surface area contributed by atoms with E-state index in [4.69, 9.17) is 18.0 Å². The van der Waals surface area contributed by atoms with E-state index in [1.807, 2.05) is 13.8 Å². The van der Waals surface area contributed by atoms with Gasteiger partial charge in [0, 0.05) is 26.2 Å². The fourth-order valence-electron chi connectivity index (χ4n) is 2.67. The number of carbonyl (C=O) groups is 1. The van der Waals surface area contributed by atoms with Gasteiger partial charge in [-0.1, -0.05) is 26.1 Å². The van der Waals surface area contributed by atoms with E-state index < -0.39 is 18.1 Å². The highest BCUT2D eigenvalue weighted by Gasteiger charge is 2.42. The molecule has 0 spiro atoms. The summed E-state index contributed by atoms with van der Waals surface area (Å²) < 4.78 is 37.0. The van der Waals surface area contributed by atoms with Gasteiger partial charge >= 0.3 is 6.18 Å². The van der Waals surface area contributed by atoms with Crippen molar-refractivity contribution >= 4 is 23.1 Å². The van der Waals surface area contributed by atoms with Gasteiger partial charge in [-0.2, -0.15) is 13.2 Å². The van der Waals surface area contributed by atoms with Crippen LogP contribution in [0.15, 0.2) is 0 Å². The SMILES string of the molecule is CCC(CC)(C(=O)N1CCN(CC(F)(F)F)CC1)C(N)=S. The lowest BCUT2D eigenvalue weighted by molar-refractivity contribution is -0.153. The summed E-state index contributed by atoms with van der Waals surface area (Å²) in [5.41, 5.74) is 4.86. The zero-order valence-corrected chi connectivity index (χ0v) is 13.2. The molecule has 0 unspecified atom stereocenters. The average molecular weight is 325 g/mol. The first kappa shape index (κ1) is 18.2. The predicted octanol–water partition coefficient (Wildman–Crippen LogP) is 1.79. The summed E-state index contributed by atoms with van der Waals surface area (Å²) >= 11 is 5.04. The summed E-state index contributed by atoms with van der Waals surface area (Å²) in [5.74, 6) is -0.161. The van der Waals surface area contributed by atoms with Crippen molar-refractivity contribution in [3.63, 3.8) is 0 Å². The molecule has 1 aliphatic rings. The van der Waals surface area contributed by atoms with Crippen LogP contribution in [0.1, 0.15) is 26.7 Å². The first-order valence-electron chi connectivity index (χ1n) is 7.04. The highest BCUT2D eigenvalue weighted by atomic mass is 32.1. The average Bonchev–Trinajstić information content (AvgIpc) is 2.39. The van der Waals surface area contributed by atoms with Crippen molar-refractivity contribution in [1.29, 1.82) is 0 Å². The van der Waals surface area contributed by atoms with E-state index in [1.54, 1.807) is 4.90 Å². The van der Waals surface area contributed by atoms with Crippen molar-refractivity contribution in [3.05, 3.63) is 0 Å². The van der Waals surface area contributed by atoms with Crippen LogP contribution in [0.2, 0.25) is 0 Å². The summed E-state index contributed by atoms with van der Waals surface area (Å²) in [6, 6.07) is 0. The van der Waals surface area contributed by atoms with Crippen LogP contribution in [-0.2, 0) is 4.79 Å². The molecular weight excluding hydrogens is 303 g/mol.